The van der Waals surface area contributed by atoms with Gasteiger partial charge in [0.2, 0.25) is 5.91 Å². The van der Waals surface area contributed by atoms with Gasteiger partial charge in [0, 0.05) is 56.6 Å². The molecule has 0 unspecified atom stereocenters. The molecule has 2 aliphatic rings. The molecule has 1 fully saturated rings. The van der Waals surface area contributed by atoms with Crippen LogP contribution in [0.2, 0.25) is 0 Å². The molecule has 0 spiro atoms. The minimum atomic E-state index is -0.254. The van der Waals surface area contributed by atoms with Gasteiger partial charge in [0.1, 0.15) is 0 Å². The van der Waals surface area contributed by atoms with Crippen LogP contribution in [0.15, 0.2) is 18.2 Å². The lowest BCUT2D eigenvalue weighted by atomic mass is 9.89. The fraction of sp³-hybridized carbons (Fsp3) is 0.545. The number of rotatable bonds is 6. The Morgan fingerprint density at radius 1 is 0.966 bits per heavy atom. The van der Waals surface area contributed by atoms with E-state index in [1.165, 1.54) is 7.11 Å². The number of piperazine rings is 1. The number of unbranched alkanes of at least 4 members (excludes halogenated alkanes) is 1. The molecule has 0 atom stereocenters. The van der Waals surface area contributed by atoms with Crippen LogP contribution in [0.1, 0.15) is 64.8 Å². The number of amides is 2. The van der Waals surface area contributed by atoms with E-state index in [0.717, 1.165) is 24.0 Å². The number of benzene rings is 1. The van der Waals surface area contributed by atoms with Crippen LogP contribution >= 0.6 is 0 Å². The monoisotopic (exact) mass is 400 g/mol. The van der Waals surface area contributed by atoms with Gasteiger partial charge in [-0.15, -0.1) is 0 Å². The number of hydrogen-bond donors (Lipinski definition) is 0. The van der Waals surface area contributed by atoms with Crippen LogP contribution in [-0.2, 0) is 20.7 Å². The molecule has 3 rings (SSSR count). The number of ketones is 1. The van der Waals surface area contributed by atoms with Crippen molar-refractivity contribution in [3.63, 3.8) is 0 Å². The molecule has 2 amide bonds. The first kappa shape index (κ1) is 21.0. The fourth-order valence-corrected chi connectivity index (χ4v) is 3.93. The molecule has 7 nitrogen and oxygen atoms in total. The van der Waals surface area contributed by atoms with Crippen molar-refractivity contribution in [2.45, 2.75) is 44.9 Å². The van der Waals surface area contributed by atoms with Gasteiger partial charge in [0.15, 0.2) is 5.78 Å². The van der Waals surface area contributed by atoms with Crippen molar-refractivity contribution in [3.8, 4) is 0 Å². The predicted octanol–water partition coefficient (Wildman–Crippen LogP) is 2.22. The average molecular weight is 400 g/mol. The lowest BCUT2D eigenvalue weighted by Crippen LogP contribution is -2.50. The number of esters is 1. The third-order valence-electron chi connectivity index (χ3n) is 5.67. The number of aryl methyl sites for hydroxylation is 1. The van der Waals surface area contributed by atoms with Crippen molar-refractivity contribution >= 4 is 23.6 Å². The number of carbonyl (C=O) groups is 4. The molecule has 1 aromatic carbocycles. The maximum Gasteiger partial charge on any atom is 0.305 e. The van der Waals surface area contributed by atoms with Crippen molar-refractivity contribution in [2.75, 3.05) is 33.3 Å². The van der Waals surface area contributed by atoms with E-state index in [-0.39, 0.29) is 23.6 Å². The standard InChI is InChI=1S/C22H28N2O5/c1-29-21(27)8-3-2-7-20(26)23-11-13-24(14-12-23)22(28)17-9-10-18-16(15-17)5-4-6-19(18)25/h9-10,15H,2-8,11-14H2,1H3. The normalized spacial score (nSPS) is 16.4. The Labute approximate surface area is 171 Å². The second kappa shape index (κ2) is 9.67. The SMILES string of the molecule is COC(=O)CCCCC(=O)N1CCN(C(=O)c2ccc3c(c2)CCCC3=O)CC1. The molecular weight excluding hydrogens is 372 g/mol. The maximum atomic E-state index is 12.8. The summed E-state index contributed by atoms with van der Waals surface area (Å²) in [6.07, 6.45) is 4.28. The molecule has 156 valence electrons. The van der Waals surface area contributed by atoms with Crippen LogP contribution in [0.3, 0.4) is 0 Å². The number of ether oxygens (including phenoxy) is 1. The summed E-state index contributed by atoms with van der Waals surface area (Å²) in [5.74, 6) is -0.0784. The summed E-state index contributed by atoms with van der Waals surface area (Å²) in [5.41, 5.74) is 2.32. The van der Waals surface area contributed by atoms with Gasteiger partial charge < -0.3 is 14.5 Å². The summed E-state index contributed by atoms with van der Waals surface area (Å²) in [6.45, 7) is 2.04. The number of nitrogens with zero attached hydrogens (tertiary/aromatic N) is 2. The molecule has 0 N–H and O–H groups in total. The number of carbonyl (C=O) groups excluding carboxylic acids is 4. The second-order valence-corrected chi connectivity index (χ2v) is 7.60. The molecule has 0 radical (unpaired) electrons. The smallest absolute Gasteiger partial charge is 0.305 e. The highest BCUT2D eigenvalue weighted by atomic mass is 16.5. The van der Waals surface area contributed by atoms with Crippen molar-refractivity contribution < 1.29 is 23.9 Å². The van der Waals surface area contributed by atoms with Crippen molar-refractivity contribution in [1.29, 1.82) is 0 Å². The first-order chi connectivity index (χ1) is 14.0. The molecule has 1 aliphatic heterocycles. The second-order valence-electron chi connectivity index (χ2n) is 7.60. The van der Waals surface area contributed by atoms with Crippen LogP contribution in [0, 0.1) is 0 Å². The van der Waals surface area contributed by atoms with E-state index in [4.69, 9.17) is 0 Å². The maximum absolute atomic E-state index is 12.8. The predicted molar refractivity (Wildman–Crippen MR) is 107 cm³/mol. The molecule has 0 bridgehead atoms. The number of methoxy groups -OCH3 is 1. The van der Waals surface area contributed by atoms with Gasteiger partial charge in [-0.2, -0.15) is 0 Å². The Bertz CT molecular complexity index is 796. The van der Waals surface area contributed by atoms with E-state index in [1.807, 2.05) is 6.07 Å². The van der Waals surface area contributed by atoms with Crippen molar-refractivity contribution in [1.82, 2.24) is 9.80 Å². The first-order valence-electron chi connectivity index (χ1n) is 10.3. The Kier molecular flexibility index (Phi) is 7.01. The zero-order valence-electron chi connectivity index (χ0n) is 16.9. The van der Waals surface area contributed by atoms with E-state index in [9.17, 15) is 19.2 Å². The highest BCUT2D eigenvalue weighted by Crippen LogP contribution is 2.23. The van der Waals surface area contributed by atoms with Gasteiger partial charge in [-0.25, -0.2) is 0 Å². The van der Waals surface area contributed by atoms with Crippen LogP contribution in [0.4, 0.5) is 0 Å². The molecule has 1 aliphatic carbocycles. The molecule has 0 aromatic heterocycles. The van der Waals surface area contributed by atoms with Crippen molar-refractivity contribution in [2.24, 2.45) is 0 Å². The summed E-state index contributed by atoms with van der Waals surface area (Å²) in [5, 5.41) is 0. The molecular formula is C22H28N2O5. The topological polar surface area (TPSA) is 84.0 Å². The first-order valence-corrected chi connectivity index (χ1v) is 10.3. The summed E-state index contributed by atoms with van der Waals surface area (Å²) in [6, 6.07) is 5.37. The van der Waals surface area contributed by atoms with Gasteiger partial charge in [-0.3, -0.25) is 19.2 Å². The van der Waals surface area contributed by atoms with E-state index in [1.54, 1.807) is 21.9 Å². The molecule has 1 aromatic rings. The third kappa shape index (κ3) is 5.22. The Hall–Kier alpha value is -2.70. The van der Waals surface area contributed by atoms with Gasteiger partial charge in [0.25, 0.3) is 5.91 Å². The van der Waals surface area contributed by atoms with Crippen LogP contribution in [0.25, 0.3) is 0 Å². The van der Waals surface area contributed by atoms with Crippen LogP contribution in [0.5, 0.6) is 0 Å². The summed E-state index contributed by atoms with van der Waals surface area (Å²) >= 11 is 0. The summed E-state index contributed by atoms with van der Waals surface area (Å²) in [7, 11) is 1.36. The molecule has 29 heavy (non-hydrogen) atoms. The lowest BCUT2D eigenvalue weighted by molar-refractivity contribution is -0.141. The largest absolute Gasteiger partial charge is 0.469 e. The van der Waals surface area contributed by atoms with Gasteiger partial charge in [-0.05, 0) is 43.4 Å². The summed E-state index contributed by atoms with van der Waals surface area (Å²) < 4.78 is 4.59. The number of Topliss-reactive ketones (excluding diaryl/α,β-unsaturated/α-hetero) is 1. The number of hydrogen-bond acceptors (Lipinski definition) is 5. The zero-order chi connectivity index (χ0) is 20.8. The Balaban J connectivity index is 1.48. The van der Waals surface area contributed by atoms with Gasteiger partial charge in [-0.1, -0.05) is 6.07 Å². The average Bonchev–Trinajstić information content (AvgIpc) is 2.76. The minimum Gasteiger partial charge on any atom is -0.469 e. The molecule has 7 heteroatoms. The van der Waals surface area contributed by atoms with Crippen molar-refractivity contribution in [3.05, 3.63) is 34.9 Å². The number of fused-ring (bicyclic) bond motifs is 1. The van der Waals surface area contributed by atoms with E-state index < -0.39 is 0 Å². The van der Waals surface area contributed by atoms with Gasteiger partial charge in [0.05, 0.1) is 7.11 Å². The quantitative estimate of drug-likeness (QED) is 0.540. The molecule has 1 saturated heterocycles. The molecule has 1 heterocycles. The third-order valence-corrected chi connectivity index (χ3v) is 5.67. The van der Waals surface area contributed by atoms with Crippen LogP contribution in [-0.4, -0.2) is 66.7 Å². The minimum absolute atomic E-state index is 0.0454. The fourth-order valence-electron chi connectivity index (χ4n) is 3.93. The lowest BCUT2D eigenvalue weighted by Gasteiger charge is -2.35. The highest BCUT2D eigenvalue weighted by molar-refractivity contribution is 6.01. The van der Waals surface area contributed by atoms with E-state index in [0.29, 0.717) is 63.8 Å². The molecule has 0 saturated carbocycles. The van der Waals surface area contributed by atoms with E-state index >= 15 is 0 Å². The van der Waals surface area contributed by atoms with Gasteiger partial charge >= 0.3 is 5.97 Å². The Morgan fingerprint density at radius 3 is 2.38 bits per heavy atom. The van der Waals surface area contributed by atoms with Crippen LogP contribution < -0.4 is 0 Å². The van der Waals surface area contributed by atoms with E-state index in [2.05, 4.69) is 4.74 Å². The Morgan fingerprint density at radius 2 is 1.66 bits per heavy atom. The highest BCUT2D eigenvalue weighted by Gasteiger charge is 2.26. The zero-order valence-corrected chi connectivity index (χ0v) is 16.9. The summed E-state index contributed by atoms with van der Waals surface area (Å²) in [4.78, 5) is 51.8.